The van der Waals surface area contributed by atoms with Gasteiger partial charge >= 0.3 is 6.03 Å². The van der Waals surface area contributed by atoms with E-state index in [0.717, 1.165) is 17.4 Å². The van der Waals surface area contributed by atoms with Gasteiger partial charge in [0.1, 0.15) is 0 Å². The number of benzene rings is 1. The van der Waals surface area contributed by atoms with Gasteiger partial charge in [-0.2, -0.15) is 0 Å². The van der Waals surface area contributed by atoms with E-state index in [1.54, 1.807) is 4.90 Å². The monoisotopic (exact) mass is 295 g/mol. The smallest absolute Gasteiger partial charge is 0.324 e. The fraction of sp³-hybridized carbons (Fsp3) is 0.429. The highest BCUT2D eigenvalue weighted by Crippen LogP contribution is 2.29. The van der Waals surface area contributed by atoms with Crippen LogP contribution in [0.3, 0.4) is 0 Å². The summed E-state index contributed by atoms with van der Waals surface area (Å²) in [7, 11) is 0. The van der Waals surface area contributed by atoms with Crippen molar-refractivity contribution in [2.45, 2.75) is 12.8 Å². The molecular formula is C14H15F2N3O2. The lowest BCUT2D eigenvalue weighted by Gasteiger charge is -2.31. The zero-order valence-electron chi connectivity index (χ0n) is 11.4. The van der Waals surface area contributed by atoms with Crippen LogP contribution in [0.2, 0.25) is 0 Å². The molecule has 1 N–H and O–H groups in total. The van der Waals surface area contributed by atoms with Gasteiger partial charge in [0, 0.05) is 31.4 Å². The number of urea groups is 1. The molecule has 1 saturated heterocycles. The number of nitrogens with zero attached hydrogens (tertiary/aromatic N) is 2. The Labute approximate surface area is 120 Å². The molecule has 0 aromatic heterocycles. The van der Waals surface area contributed by atoms with Crippen LogP contribution in [0.25, 0.3) is 0 Å². The zero-order chi connectivity index (χ0) is 15.0. The largest absolute Gasteiger partial charge is 0.362 e. The van der Waals surface area contributed by atoms with Crippen LogP contribution in [0.1, 0.15) is 12.0 Å². The van der Waals surface area contributed by atoms with Crippen molar-refractivity contribution in [1.29, 1.82) is 0 Å². The highest BCUT2D eigenvalue weighted by molar-refractivity contribution is 5.97. The van der Waals surface area contributed by atoms with E-state index < -0.39 is 17.7 Å². The number of carbonyl (C=O) groups is 2. The Morgan fingerprint density at radius 3 is 2.71 bits per heavy atom. The summed E-state index contributed by atoms with van der Waals surface area (Å²) in [4.78, 5) is 26.5. The van der Waals surface area contributed by atoms with Gasteiger partial charge in [-0.05, 0) is 24.5 Å². The molecule has 0 spiro atoms. The first kappa shape index (κ1) is 13.8. The third kappa shape index (κ3) is 2.55. The summed E-state index contributed by atoms with van der Waals surface area (Å²) in [5.74, 6) is -2.13. The standard InChI is InChI=1S/C14H15F2N3O2/c15-10-6-9-2-1-4-18(12(9)7-11(10)16)8-13(20)19-5-3-17-14(19)21/h6-7H,1-5,8H2,(H,17,21). The number of anilines is 1. The first-order valence-corrected chi connectivity index (χ1v) is 6.87. The number of imide groups is 1. The first-order chi connectivity index (χ1) is 10.1. The zero-order valence-corrected chi connectivity index (χ0v) is 11.4. The van der Waals surface area contributed by atoms with Gasteiger partial charge < -0.3 is 10.2 Å². The second-order valence-corrected chi connectivity index (χ2v) is 5.20. The van der Waals surface area contributed by atoms with Crippen LogP contribution < -0.4 is 10.2 Å². The van der Waals surface area contributed by atoms with E-state index in [4.69, 9.17) is 0 Å². The SMILES string of the molecule is O=C(CN1CCCc2cc(F)c(F)cc21)N1CCNC1=O. The topological polar surface area (TPSA) is 52.7 Å². The van der Waals surface area contributed by atoms with E-state index in [0.29, 0.717) is 37.3 Å². The second kappa shape index (κ2) is 5.31. The molecule has 0 unspecified atom stereocenters. The maximum atomic E-state index is 13.4. The average molecular weight is 295 g/mol. The summed E-state index contributed by atoms with van der Waals surface area (Å²) in [6.07, 6.45) is 1.42. The van der Waals surface area contributed by atoms with Crippen molar-refractivity contribution in [3.63, 3.8) is 0 Å². The van der Waals surface area contributed by atoms with Crippen LogP contribution >= 0.6 is 0 Å². The molecule has 3 amide bonds. The minimum absolute atomic E-state index is 0.00844. The molecule has 2 aliphatic rings. The van der Waals surface area contributed by atoms with Gasteiger partial charge in [-0.3, -0.25) is 9.69 Å². The van der Waals surface area contributed by atoms with Gasteiger partial charge in [0.15, 0.2) is 11.6 Å². The number of rotatable bonds is 2. The highest BCUT2D eigenvalue weighted by atomic mass is 19.2. The lowest BCUT2D eigenvalue weighted by Crippen LogP contribution is -2.43. The number of halogens is 2. The molecule has 112 valence electrons. The van der Waals surface area contributed by atoms with E-state index in [2.05, 4.69) is 5.32 Å². The minimum atomic E-state index is -0.924. The van der Waals surface area contributed by atoms with E-state index in [9.17, 15) is 18.4 Å². The summed E-state index contributed by atoms with van der Waals surface area (Å²) < 4.78 is 26.7. The summed E-state index contributed by atoms with van der Waals surface area (Å²) >= 11 is 0. The van der Waals surface area contributed by atoms with Gasteiger partial charge in [-0.25, -0.2) is 13.6 Å². The summed E-state index contributed by atoms with van der Waals surface area (Å²) in [6, 6.07) is 1.91. The van der Waals surface area contributed by atoms with Crippen LogP contribution in [-0.2, 0) is 11.2 Å². The van der Waals surface area contributed by atoms with Crippen molar-refractivity contribution in [3.8, 4) is 0 Å². The lowest BCUT2D eigenvalue weighted by atomic mass is 10.0. The van der Waals surface area contributed by atoms with Gasteiger partial charge in [-0.1, -0.05) is 0 Å². The van der Waals surface area contributed by atoms with Gasteiger partial charge in [0.2, 0.25) is 5.91 Å². The van der Waals surface area contributed by atoms with Crippen molar-refractivity contribution < 1.29 is 18.4 Å². The average Bonchev–Trinajstić information content (AvgIpc) is 2.87. The van der Waals surface area contributed by atoms with Crippen molar-refractivity contribution >= 4 is 17.6 Å². The first-order valence-electron chi connectivity index (χ1n) is 6.87. The normalized spacial score (nSPS) is 17.7. The minimum Gasteiger partial charge on any atom is -0.362 e. The van der Waals surface area contributed by atoms with E-state index in [1.165, 1.54) is 6.07 Å². The molecule has 0 aliphatic carbocycles. The molecule has 2 aliphatic heterocycles. The van der Waals surface area contributed by atoms with Crippen LogP contribution in [-0.4, -0.2) is 43.0 Å². The molecule has 0 bridgehead atoms. The van der Waals surface area contributed by atoms with Crippen molar-refractivity contribution in [2.24, 2.45) is 0 Å². The van der Waals surface area contributed by atoms with Crippen molar-refractivity contribution in [1.82, 2.24) is 10.2 Å². The molecular weight excluding hydrogens is 280 g/mol. The van der Waals surface area contributed by atoms with Gasteiger partial charge in [-0.15, -0.1) is 0 Å². The highest BCUT2D eigenvalue weighted by Gasteiger charge is 2.29. The maximum Gasteiger partial charge on any atom is 0.324 e. The number of amides is 3. The Morgan fingerprint density at radius 2 is 2.00 bits per heavy atom. The van der Waals surface area contributed by atoms with Crippen LogP contribution in [0.4, 0.5) is 19.3 Å². The van der Waals surface area contributed by atoms with Crippen LogP contribution in [0, 0.1) is 11.6 Å². The molecule has 3 rings (SSSR count). The number of hydrogen-bond acceptors (Lipinski definition) is 3. The van der Waals surface area contributed by atoms with Crippen LogP contribution in [0.15, 0.2) is 12.1 Å². The Morgan fingerprint density at radius 1 is 1.24 bits per heavy atom. The van der Waals surface area contributed by atoms with E-state index in [-0.39, 0.29) is 12.5 Å². The third-order valence-electron chi connectivity index (χ3n) is 3.82. The van der Waals surface area contributed by atoms with Crippen molar-refractivity contribution in [3.05, 3.63) is 29.3 Å². The lowest BCUT2D eigenvalue weighted by molar-refractivity contribution is -0.126. The molecule has 2 heterocycles. The number of carbonyl (C=O) groups excluding carboxylic acids is 2. The summed E-state index contributed by atoms with van der Waals surface area (Å²) in [5, 5.41) is 2.56. The Kier molecular flexibility index (Phi) is 3.48. The Bertz CT molecular complexity index is 606. The molecule has 5 nitrogen and oxygen atoms in total. The molecule has 1 fully saturated rings. The van der Waals surface area contributed by atoms with E-state index >= 15 is 0 Å². The molecule has 1 aromatic rings. The number of nitrogens with one attached hydrogen (secondary N) is 1. The summed E-state index contributed by atoms with van der Waals surface area (Å²) in [6.45, 7) is 1.36. The molecule has 0 atom stereocenters. The molecule has 0 saturated carbocycles. The van der Waals surface area contributed by atoms with Gasteiger partial charge in [0.05, 0.1) is 6.54 Å². The quantitative estimate of drug-likeness (QED) is 0.894. The summed E-state index contributed by atoms with van der Waals surface area (Å²) in [5.41, 5.74) is 1.23. The maximum absolute atomic E-state index is 13.4. The molecule has 21 heavy (non-hydrogen) atoms. The molecule has 1 aromatic carbocycles. The second-order valence-electron chi connectivity index (χ2n) is 5.20. The van der Waals surface area contributed by atoms with Crippen LogP contribution in [0.5, 0.6) is 0 Å². The predicted molar refractivity (Wildman–Crippen MR) is 72.0 cm³/mol. The Hall–Kier alpha value is -2.18. The Balaban J connectivity index is 1.80. The van der Waals surface area contributed by atoms with E-state index in [1.807, 2.05) is 0 Å². The predicted octanol–water partition coefficient (Wildman–Crippen LogP) is 1.27. The fourth-order valence-electron chi connectivity index (χ4n) is 2.78. The van der Waals surface area contributed by atoms with Crippen molar-refractivity contribution in [2.75, 3.05) is 31.1 Å². The number of aryl methyl sites for hydroxylation is 1. The number of fused-ring (bicyclic) bond motifs is 1. The number of hydrogen-bond donors (Lipinski definition) is 1. The molecule has 0 radical (unpaired) electrons. The van der Waals surface area contributed by atoms with Gasteiger partial charge in [0.25, 0.3) is 0 Å². The fourth-order valence-corrected chi connectivity index (χ4v) is 2.78. The molecule has 7 heteroatoms. The third-order valence-corrected chi connectivity index (χ3v) is 3.82.